The molecule has 1 rings (SSSR count). The summed E-state index contributed by atoms with van der Waals surface area (Å²) in [5, 5.41) is 24.3. The summed E-state index contributed by atoms with van der Waals surface area (Å²) in [4.78, 5) is 19.3. The molecule has 0 bridgehead atoms. The Morgan fingerprint density at radius 2 is 2.00 bits per heavy atom. The first-order chi connectivity index (χ1) is 9.43. The van der Waals surface area contributed by atoms with Gasteiger partial charge in [0, 0.05) is 12.6 Å². The van der Waals surface area contributed by atoms with Crippen LogP contribution in [0.4, 0.5) is 11.6 Å². The van der Waals surface area contributed by atoms with Crippen LogP contribution >= 0.6 is 0 Å². The van der Waals surface area contributed by atoms with Crippen LogP contribution in [0.15, 0.2) is 12.4 Å². The molecule has 20 heavy (non-hydrogen) atoms. The summed E-state index contributed by atoms with van der Waals surface area (Å²) >= 11 is 0. The van der Waals surface area contributed by atoms with Crippen LogP contribution in [0.2, 0.25) is 0 Å². The molecular weight excluding hydrogens is 260 g/mol. The lowest BCUT2D eigenvalue weighted by Crippen LogP contribution is -2.35. The van der Waals surface area contributed by atoms with E-state index in [1.807, 2.05) is 13.8 Å². The van der Waals surface area contributed by atoms with Crippen LogP contribution in [0, 0.1) is 5.92 Å². The van der Waals surface area contributed by atoms with Gasteiger partial charge >= 0.3 is 5.97 Å². The van der Waals surface area contributed by atoms with Gasteiger partial charge < -0.3 is 20.8 Å². The largest absolute Gasteiger partial charge is 0.480 e. The second kappa shape index (κ2) is 7.64. The van der Waals surface area contributed by atoms with Gasteiger partial charge in [-0.2, -0.15) is 0 Å². The summed E-state index contributed by atoms with van der Waals surface area (Å²) in [7, 11) is 0. The highest BCUT2D eigenvalue weighted by Gasteiger charge is 2.23. The van der Waals surface area contributed by atoms with Crippen molar-refractivity contribution >= 4 is 17.6 Å². The Morgan fingerprint density at radius 1 is 1.35 bits per heavy atom. The molecule has 112 valence electrons. The summed E-state index contributed by atoms with van der Waals surface area (Å²) in [5.41, 5.74) is 0. The second-order valence-electron chi connectivity index (χ2n) is 4.86. The zero-order chi connectivity index (χ0) is 15.1. The van der Waals surface area contributed by atoms with Gasteiger partial charge in [-0.3, -0.25) is 0 Å². The molecular formula is C13H22N4O3. The predicted molar refractivity (Wildman–Crippen MR) is 76.7 cm³/mol. The number of nitrogens with zero attached hydrogens (tertiary/aromatic N) is 2. The van der Waals surface area contributed by atoms with Crippen molar-refractivity contribution < 1.29 is 15.0 Å². The van der Waals surface area contributed by atoms with E-state index in [-0.39, 0.29) is 5.92 Å². The van der Waals surface area contributed by atoms with E-state index < -0.39 is 18.1 Å². The summed E-state index contributed by atoms with van der Waals surface area (Å²) in [6.07, 6.45) is 1.61. The maximum atomic E-state index is 11.2. The van der Waals surface area contributed by atoms with Crippen LogP contribution in [0.3, 0.4) is 0 Å². The van der Waals surface area contributed by atoms with Crippen LogP contribution in [0.1, 0.15) is 27.2 Å². The van der Waals surface area contributed by atoms with Gasteiger partial charge in [-0.1, -0.05) is 20.3 Å². The molecule has 1 aromatic rings. The third-order valence-corrected chi connectivity index (χ3v) is 3.03. The number of aliphatic hydroxyl groups excluding tert-OH is 1. The zero-order valence-corrected chi connectivity index (χ0v) is 12.0. The number of hydrogen-bond donors (Lipinski definition) is 4. The normalized spacial score (nSPS) is 15.2. The fraction of sp³-hybridized carbons (Fsp3) is 0.615. The lowest BCUT2D eigenvalue weighted by Gasteiger charge is -2.20. The SMILES string of the molecule is CC[C@H](C)[C@H](Nc1cc(NCC(C)O)ncn1)C(=O)O. The van der Waals surface area contributed by atoms with Crippen molar-refractivity contribution in [2.75, 3.05) is 17.2 Å². The molecule has 1 unspecified atom stereocenters. The third-order valence-electron chi connectivity index (χ3n) is 3.03. The molecule has 0 saturated carbocycles. The summed E-state index contributed by atoms with van der Waals surface area (Å²) in [5.74, 6) is 0.0604. The van der Waals surface area contributed by atoms with Crippen molar-refractivity contribution in [3.8, 4) is 0 Å². The molecule has 0 aliphatic heterocycles. The minimum absolute atomic E-state index is 0.0173. The van der Waals surface area contributed by atoms with E-state index in [9.17, 15) is 15.0 Å². The molecule has 0 fully saturated rings. The Bertz CT molecular complexity index is 439. The molecule has 0 radical (unpaired) electrons. The van der Waals surface area contributed by atoms with Gasteiger partial charge in [0.05, 0.1) is 6.10 Å². The first-order valence-corrected chi connectivity index (χ1v) is 6.67. The third kappa shape index (κ3) is 5.00. The average molecular weight is 282 g/mol. The van der Waals surface area contributed by atoms with Gasteiger partial charge in [0.15, 0.2) is 0 Å². The van der Waals surface area contributed by atoms with Crippen LogP contribution in [0.25, 0.3) is 0 Å². The number of rotatable bonds is 8. The van der Waals surface area contributed by atoms with Gasteiger partial charge in [0.25, 0.3) is 0 Å². The number of aliphatic hydroxyl groups is 1. The number of carboxylic acid groups (broad SMARTS) is 1. The molecule has 7 nitrogen and oxygen atoms in total. The van der Waals surface area contributed by atoms with Crippen molar-refractivity contribution in [3.05, 3.63) is 12.4 Å². The van der Waals surface area contributed by atoms with E-state index >= 15 is 0 Å². The van der Waals surface area contributed by atoms with E-state index in [2.05, 4.69) is 20.6 Å². The number of carboxylic acids is 1. The molecule has 0 amide bonds. The highest BCUT2D eigenvalue weighted by molar-refractivity contribution is 5.77. The minimum atomic E-state index is -0.906. The Hall–Kier alpha value is -1.89. The Kier molecular flexibility index (Phi) is 6.17. The van der Waals surface area contributed by atoms with Crippen molar-refractivity contribution in [3.63, 3.8) is 0 Å². The standard InChI is InChI=1S/C13H22N4O3/c1-4-8(2)12(13(19)20)17-11-5-10(15-7-16-11)14-6-9(3)18/h5,7-9,12,18H,4,6H2,1-3H3,(H,19,20)(H2,14,15,16,17)/t8-,9?,12-/m0/s1. The van der Waals surface area contributed by atoms with E-state index in [1.54, 1.807) is 13.0 Å². The Balaban J connectivity index is 2.75. The van der Waals surface area contributed by atoms with Gasteiger partial charge in [0.2, 0.25) is 0 Å². The summed E-state index contributed by atoms with van der Waals surface area (Å²) < 4.78 is 0. The molecule has 0 aliphatic rings. The molecule has 3 atom stereocenters. The smallest absolute Gasteiger partial charge is 0.326 e. The van der Waals surface area contributed by atoms with E-state index in [4.69, 9.17) is 0 Å². The second-order valence-corrected chi connectivity index (χ2v) is 4.86. The van der Waals surface area contributed by atoms with Gasteiger partial charge in [-0.25, -0.2) is 14.8 Å². The van der Waals surface area contributed by atoms with Crippen LogP contribution in [0.5, 0.6) is 0 Å². The summed E-state index contributed by atoms with van der Waals surface area (Å²) in [6, 6.07) is 0.931. The number of aromatic nitrogens is 2. The highest BCUT2D eigenvalue weighted by atomic mass is 16.4. The predicted octanol–water partition coefficient (Wildman–Crippen LogP) is 1.18. The Morgan fingerprint density at radius 3 is 2.55 bits per heavy atom. The highest BCUT2D eigenvalue weighted by Crippen LogP contribution is 2.15. The first-order valence-electron chi connectivity index (χ1n) is 6.67. The fourth-order valence-corrected chi connectivity index (χ4v) is 1.63. The summed E-state index contributed by atoms with van der Waals surface area (Å²) in [6.45, 7) is 5.85. The molecule has 4 N–H and O–H groups in total. The number of hydrogen-bond acceptors (Lipinski definition) is 6. The molecule has 0 saturated heterocycles. The number of carbonyl (C=O) groups is 1. The first kappa shape index (κ1) is 16.2. The minimum Gasteiger partial charge on any atom is -0.480 e. The molecule has 1 heterocycles. The maximum absolute atomic E-state index is 11.2. The lowest BCUT2D eigenvalue weighted by molar-refractivity contribution is -0.139. The number of anilines is 2. The van der Waals surface area contributed by atoms with E-state index in [0.717, 1.165) is 6.42 Å². The quantitative estimate of drug-likeness (QED) is 0.567. The van der Waals surface area contributed by atoms with Gasteiger partial charge in [0.1, 0.15) is 24.0 Å². The zero-order valence-electron chi connectivity index (χ0n) is 12.0. The number of nitrogens with one attached hydrogen (secondary N) is 2. The monoisotopic (exact) mass is 282 g/mol. The van der Waals surface area contributed by atoms with Crippen molar-refractivity contribution in [2.45, 2.75) is 39.3 Å². The average Bonchev–Trinajstić information content (AvgIpc) is 2.42. The van der Waals surface area contributed by atoms with Crippen LogP contribution < -0.4 is 10.6 Å². The van der Waals surface area contributed by atoms with Crippen LogP contribution in [-0.4, -0.2) is 44.8 Å². The molecule has 0 aromatic carbocycles. The van der Waals surface area contributed by atoms with Crippen LogP contribution in [-0.2, 0) is 4.79 Å². The Labute approximate surface area is 118 Å². The molecule has 1 aromatic heterocycles. The van der Waals surface area contributed by atoms with Crippen molar-refractivity contribution in [1.82, 2.24) is 9.97 Å². The van der Waals surface area contributed by atoms with E-state index in [1.165, 1.54) is 6.33 Å². The van der Waals surface area contributed by atoms with Crippen molar-refractivity contribution in [2.24, 2.45) is 5.92 Å². The molecule has 0 spiro atoms. The van der Waals surface area contributed by atoms with E-state index in [0.29, 0.717) is 18.2 Å². The van der Waals surface area contributed by atoms with Gasteiger partial charge in [-0.05, 0) is 12.8 Å². The lowest BCUT2D eigenvalue weighted by atomic mass is 9.99. The molecule has 0 aliphatic carbocycles. The van der Waals surface area contributed by atoms with Gasteiger partial charge in [-0.15, -0.1) is 0 Å². The van der Waals surface area contributed by atoms with Crippen molar-refractivity contribution in [1.29, 1.82) is 0 Å². The molecule has 7 heteroatoms. The topological polar surface area (TPSA) is 107 Å². The fourth-order valence-electron chi connectivity index (χ4n) is 1.63. The number of aliphatic carboxylic acids is 1. The maximum Gasteiger partial charge on any atom is 0.326 e.